The zero-order valence-electron chi connectivity index (χ0n) is 16.0. The fraction of sp³-hybridized carbons (Fsp3) is 0.333. The number of nitrogens with zero attached hydrogens (tertiary/aromatic N) is 4. The molecule has 4 rings (SSSR count). The van der Waals surface area contributed by atoms with Gasteiger partial charge in [0.15, 0.2) is 0 Å². The molecule has 0 radical (unpaired) electrons. The zero-order valence-corrected chi connectivity index (χ0v) is 16.0. The molecular formula is C21H25N5O2. The molecule has 0 spiro atoms. The number of hydrogen-bond acceptors (Lipinski definition) is 4. The number of imidazole rings is 1. The highest BCUT2D eigenvalue weighted by Crippen LogP contribution is 2.17. The molecule has 28 heavy (non-hydrogen) atoms. The number of rotatable bonds is 5. The number of ether oxygens (including phenoxy) is 1. The first kappa shape index (κ1) is 18.3. The SMILES string of the molecule is CCOc1ccc(NC(=O)N2CCN(Cc3cnc4ccccn34)CC2)cc1. The normalized spacial score (nSPS) is 15.0. The highest BCUT2D eigenvalue weighted by atomic mass is 16.5. The Bertz CT molecular complexity index is 929. The number of pyridine rings is 1. The number of benzene rings is 1. The predicted octanol–water partition coefficient (Wildman–Crippen LogP) is 3.08. The molecule has 0 saturated carbocycles. The summed E-state index contributed by atoms with van der Waals surface area (Å²) in [6.07, 6.45) is 3.97. The lowest BCUT2D eigenvalue weighted by molar-refractivity contribution is 0.142. The first-order valence-electron chi connectivity index (χ1n) is 9.65. The van der Waals surface area contributed by atoms with Crippen LogP contribution in [0.15, 0.2) is 54.9 Å². The Morgan fingerprint density at radius 3 is 2.64 bits per heavy atom. The Hall–Kier alpha value is -3.06. The number of carbonyl (C=O) groups excluding carboxylic acids is 1. The van der Waals surface area contributed by atoms with Gasteiger partial charge in [-0.2, -0.15) is 0 Å². The van der Waals surface area contributed by atoms with Gasteiger partial charge in [-0.1, -0.05) is 6.07 Å². The highest BCUT2D eigenvalue weighted by molar-refractivity contribution is 5.89. The average molecular weight is 379 g/mol. The monoisotopic (exact) mass is 379 g/mol. The molecule has 1 fully saturated rings. The minimum atomic E-state index is -0.0568. The molecule has 1 aliphatic heterocycles. The number of nitrogens with one attached hydrogen (secondary N) is 1. The van der Waals surface area contributed by atoms with E-state index < -0.39 is 0 Å². The molecule has 3 aromatic rings. The van der Waals surface area contributed by atoms with Crippen molar-refractivity contribution in [2.45, 2.75) is 13.5 Å². The van der Waals surface area contributed by atoms with E-state index in [4.69, 9.17) is 4.74 Å². The molecule has 1 aliphatic rings. The maximum Gasteiger partial charge on any atom is 0.321 e. The molecule has 2 aromatic heterocycles. The van der Waals surface area contributed by atoms with E-state index in [2.05, 4.69) is 19.6 Å². The summed E-state index contributed by atoms with van der Waals surface area (Å²) in [5.41, 5.74) is 2.91. The summed E-state index contributed by atoms with van der Waals surface area (Å²) in [4.78, 5) is 21.2. The highest BCUT2D eigenvalue weighted by Gasteiger charge is 2.22. The smallest absolute Gasteiger partial charge is 0.321 e. The molecular weight excluding hydrogens is 354 g/mol. The third-order valence-electron chi connectivity index (χ3n) is 4.96. The standard InChI is InChI=1S/C21H25N5O2/c1-2-28-19-8-6-17(7-9-19)23-21(27)25-13-11-24(12-14-25)16-18-15-22-20-5-3-4-10-26(18)20/h3-10,15H,2,11-14,16H2,1H3,(H,23,27). The van der Waals surface area contributed by atoms with Crippen LogP contribution in [0.4, 0.5) is 10.5 Å². The number of urea groups is 1. The molecule has 1 saturated heterocycles. The largest absolute Gasteiger partial charge is 0.494 e. The summed E-state index contributed by atoms with van der Waals surface area (Å²) >= 11 is 0. The van der Waals surface area contributed by atoms with Gasteiger partial charge in [0.05, 0.1) is 18.5 Å². The zero-order chi connectivity index (χ0) is 19.3. The van der Waals surface area contributed by atoms with Crippen LogP contribution in [-0.2, 0) is 6.54 Å². The average Bonchev–Trinajstić information content (AvgIpc) is 3.13. The van der Waals surface area contributed by atoms with Gasteiger partial charge in [0, 0.05) is 44.6 Å². The number of hydrogen-bond donors (Lipinski definition) is 1. The van der Waals surface area contributed by atoms with E-state index in [0.29, 0.717) is 19.7 Å². The van der Waals surface area contributed by atoms with E-state index in [1.807, 2.05) is 66.7 Å². The molecule has 146 valence electrons. The van der Waals surface area contributed by atoms with Gasteiger partial charge in [-0.05, 0) is 43.3 Å². The van der Waals surface area contributed by atoms with Crippen LogP contribution in [0.3, 0.4) is 0 Å². The topological polar surface area (TPSA) is 62.1 Å². The van der Waals surface area contributed by atoms with Crippen molar-refractivity contribution < 1.29 is 9.53 Å². The number of fused-ring (bicyclic) bond motifs is 1. The Kier molecular flexibility index (Phi) is 5.43. The Morgan fingerprint density at radius 1 is 1.11 bits per heavy atom. The van der Waals surface area contributed by atoms with Crippen LogP contribution in [0, 0.1) is 0 Å². The van der Waals surface area contributed by atoms with Gasteiger partial charge in [-0.25, -0.2) is 9.78 Å². The summed E-state index contributed by atoms with van der Waals surface area (Å²) in [6.45, 7) is 6.52. The molecule has 0 bridgehead atoms. The molecule has 0 unspecified atom stereocenters. The van der Waals surface area contributed by atoms with Crippen LogP contribution < -0.4 is 10.1 Å². The van der Waals surface area contributed by atoms with Crippen molar-refractivity contribution in [3.63, 3.8) is 0 Å². The molecule has 7 heteroatoms. The molecule has 7 nitrogen and oxygen atoms in total. The molecule has 3 heterocycles. The summed E-state index contributed by atoms with van der Waals surface area (Å²) in [5, 5.41) is 2.96. The summed E-state index contributed by atoms with van der Waals surface area (Å²) in [7, 11) is 0. The van der Waals surface area contributed by atoms with Crippen molar-refractivity contribution in [3.05, 3.63) is 60.6 Å². The van der Waals surface area contributed by atoms with E-state index in [9.17, 15) is 4.79 Å². The quantitative estimate of drug-likeness (QED) is 0.740. The van der Waals surface area contributed by atoms with E-state index in [1.54, 1.807) is 0 Å². The van der Waals surface area contributed by atoms with Crippen molar-refractivity contribution in [2.24, 2.45) is 0 Å². The Morgan fingerprint density at radius 2 is 1.89 bits per heavy atom. The van der Waals surface area contributed by atoms with Crippen LogP contribution in [0.25, 0.3) is 5.65 Å². The minimum absolute atomic E-state index is 0.0568. The molecule has 2 amide bonds. The van der Waals surface area contributed by atoms with Crippen molar-refractivity contribution in [1.82, 2.24) is 19.2 Å². The number of aromatic nitrogens is 2. The Labute approximate surface area is 164 Å². The van der Waals surface area contributed by atoms with Crippen LogP contribution in [0.5, 0.6) is 5.75 Å². The molecule has 0 atom stereocenters. The number of carbonyl (C=O) groups is 1. The van der Waals surface area contributed by atoms with Crippen molar-refractivity contribution in [1.29, 1.82) is 0 Å². The lowest BCUT2D eigenvalue weighted by Crippen LogP contribution is -2.49. The minimum Gasteiger partial charge on any atom is -0.494 e. The van der Waals surface area contributed by atoms with E-state index in [0.717, 1.165) is 36.7 Å². The molecule has 1 aromatic carbocycles. The van der Waals surface area contributed by atoms with E-state index >= 15 is 0 Å². The number of amides is 2. The van der Waals surface area contributed by atoms with E-state index in [1.165, 1.54) is 5.69 Å². The summed E-state index contributed by atoms with van der Waals surface area (Å²) < 4.78 is 7.54. The van der Waals surface area contributed by atoms with Gasteiger partial charge in [0.2, 0.25) is 0 Å². The second kappa shape index (κ2) is 8.31. The molecule has 0 aliphatic carbocycles. The maximum absolute atomic E-state index is 12.5. The second-order valence-corrected chi connectivity index (χ2v) is 6.83. The fourth-order valence-electron chi connectivity index (χ4n) is 3.44. The lowest BCUT2D eigenvalue weighted by atomic mass is 10.3. The van der Waals surface area contributed by atoms with Gasteiger partial charge in [-0.3, -0.25) is 4.90 Å². The van der Waals surface area contributed by atoms with Crippen molar-refractivity contribution in [3.8, 4) is 5.75 Å². The second-order valence-electron chi connectivity index (χ2n) is 6.83. The van der Waals surface area contributed by atoms with Gasteiger partial charge in [0.1, 0.15) is 11.4 Å². The first-order chi connectivity index (χ1) is 13.7. The number of anilines is 1. The fourth-order valence-corrected chi connectivity index (χ4v) is 3.44. The third kappa shape index (κ3) is 4.09. The van der Waals surface area contributed by atoms with Crippen molar-refractivity contribution in [2.75, 3.05) is 38.1 Å². The lowest BCUT2D eigenvalue weighted by Gasteiger charge is -2.34. The molecule has 1 N–H and O–H groups in total. The third-order valence-corrected chi connectivity index (χ3v) is 4.96. The Balaban J connectivity index is 1.29. The van der Waals surface area contributed by atoms with Gasteiger partial charge in [-0.15, -0.1) is 0 Å². The van der Waals surface area contributed by atoms with Crippen LogP contribution in [0.1, 0.15) is 12.6 Å². The predicted molar refractivity (Wildman–Crippen MR) is 109 cm³/mol. The number of piperazine rings is 1. The van der Waals surface area contributed by atoms with Gasteiger partial charge < -0.3 is 19.4 Å². The van der Waals surface area contributed by atoms with Gasteiger partial charge >= 0.3 is 6.03 Å². The van der Waals surface area contributed by atoms with Gasteiger partial charge in [0.25, 0.3) is 0 Å². The summed E-state index contributed by atoms with van der Waals surface area (Å²) in [6, 6.07) is 13.4. The van der Waals surface area contributed by atoms with Crippen LogP contribution >= 0.6 is 0 Å². The van der Waals surface area contributed by atoms with Crippen LogP contribution in [0.2, 0.25) is 0 Å². The van der Waals surface area contributed by atoms with E-state index in [-0.39, 0.29) is 6.03 Å². The first-order valence-corrected chi connectivity index (χ1v) is 9.65. The van der Waals surface area contributed by atoms with Crippen molar-refractivity contribution >= 4 is 17.4 Å². The maximum atomic E-state index is 12.5. The summed E-state index contributed by atoms with van der Waals surface area (Å²) in [5.74, 6) is 0.807. The van der Waals surface area contributed by atoms with Crippen LogP contribution in [-0.4, -0.2) is 58.0 Å².